The summed E-state index contributed by atoms with van der Waals surface area (Å²) >= 11 is 0. The van der Waals surface area contributed by atoms with E-state index in [4.69, 9.17) is 0 Å². The summed E-state index contributed by atoms with van der Waals surface area (Å²) in [5.74, 6) is 0.0833. The number of nitrogens with zero attached hydrogens (tertiary/aromatic N) is 1. The number of ketones is 1. The Labute approximate surface area is 136 Å². The monoisotopic (exact) mass is 299 g/mol. The Balaban J connectivity index is 1.79. The van der Waals surface area contributed by atoms with Crippen molar-refractivity contribution in [3.63, 3.8) is 0 Å². The maximum atomic E-state index is 12.3. The van der Waals surface area contributed by atoms with E-state index in [1.54, 1.807) is 6.08 Å². The molecule has 2 aromatic rings. The number of hydrogen-bond donors (Lipinski definition) is 0. The molecule has 1 atom stereocenters. The maximum Gasteiger partial charge on any atom is 0.188 e. The summed E-state index contributed by atoms with van der Waals surface area (Å²) in [7, 11) is 0. The fourth-order valence-electron chi connectivity index (χ4n) is 3.44. The first-order valence-electron chi connectivity index (χ1n) is 7.79. The van der Waals surface area contributed by atoms with E-state index in [9.17, 15) is 4.79 Å². The van der Waals surface area contributed by atoms with Crippen molar-refractivity contribution in [3.05, 3.63) is 95.6 Å². The lowest BCUT2D eigenvalue weighted by Gasteiger charge is -2.31. The molecule has 2 nitrogen and oxygen atoms in total. The molecule has 0 amide bonds. The van der Waals surface area contributed by atoms with Crippen molar-refractivity contribution < 1.29 is 4.79 Å². The van der Waals surface area contributed by atoms with Crippen LogP contribution in [0.4, 0.5) is 0 Å². The van der Waals surface area contributed by atoms with Crippen LogP contribution >= 0.6 is 0 Å². The van der Waals surface area contributed by atoms with Crippen molar-refractivity contribution in [2.75, 3.05) is 6.54 Å². The molecular weight excluding hydrogens is 282 g/mol. The summed E-state index contributed by atoms with van der Waals surface area (Å²) in [6.45, 7) is 4.59. The van der Waals surface area contributed by atoms with E-state index in [1.807, 2.05) is 30.3 Å². The molecule has 0 N–H and O–H groups in total. The Bertz CT molecular complexity index is 860. The van der Waals surface area contributed by atoms with Gasteiger partial charge in [0.15, 0.2) is 5.78 Å². The number of rotatable bonds is 4. The quantitative estimate of drug-likeness (QED) is 0.776. The molecule has 1 unspecified atom stereocenters. The Morgan fingerprint density at radius 3 is 2.61 bits per heavy atom. The summed E-state index contributed by atoms with van der Waals surface area (Å²) in [6, 6.07) is 16.3. The van der Waals surface area contributed by atoms with Gasteiger partial charge < -0.3 is 4.90 Å². The first-order chi connectivity index (χ1) is 11.3. The zero-order chi connectivity index (χ0) is 15.8. The van der Waals surface area contributed by atoms with E-state index < -0.39 is 0 Å². The summed E-state index contributed by atoms with van der Waals surface area (Å²) in [4.78, 5) is 14.5. The van der Waals surface area contributed by atoms with E-state index >= 15 is 0 Å². The summed E-state index contributed by atoms with van der Waals surface area (Å²) < 4.78 is 0. The minimum atomic E-state index is 0.0833. The van der Waals surface area contributed by atoms with Crippen molar-refractivity contribution >= 4 is 17.6 Å². The summed E-state index contributed by atoms with van der Waals surface area (Å²) in [5, 5.41) is 0. The molecule has 23 heavy (non-hydrogen) atoms. The minimum absolute atomic E-state index is 0.0833. The molecule has 4 rings (SSSR count). The SMILES string of the molecule is C=CCN(C1=CC(=O)c2ccccc21)C1C=Cc2ccccc21. The van der Waals surface area contributed by atoms with Crippen LogP contribution in [0.25, 0.3) is 11.8 Å². The first-order valence-corrected chi connectivity index (χ1v) is 7.79. The smallest absolute Gasteiger partial charge is 0.188 e. The highest BCUT2D eigenvalue weighted by atomic mass is 16.1. The lowest BCUT2D eigenvalue weighted by atomic mass is 10.0. The van der Waals surface area contributed by atoms with E-state index in [2.05, 4.69) is 47.9 Å². The summed E-state index contributed by atoms with van der Waals surface area (Å²) in [6.07, 6.45) is 7.99. The molecule has 0 radical (unpaired) electrons. The molecule has 0 saturated heterocycles. The van der Waals surface area contributed by atoms with Crippen molar-refractivity contribution in [3.8, 4) is 0 Å². The first kappa shape index (κ1) is 13.8. The van der Waals surface area contributed by atoms with Crippen molar-refractivity contribution in [1.29, 1.82) is 0 Å². The van der Waals surface area contributed by atoms with Gasteiger partial charge in [-0.2, -0.15) is 0 Å². The molecule has 0 aliphatic heterocycles. The van der Waals surface area contributed by atoms with Gasteiger partial charge in [0.25, 0.3) is 0 Å². The van der Waals surface area contributed by atoms with Crippen LogP contribution in [-0.2, 0) is 0 Å². The Hall–Kier alpha value is -2.87. The highest BCUT2D eigenvalue weighted by Crippen LogP contribution is 2.40. The van der Waals surface area contributed by atoms with Gasteiger partial charge in [-0.25, -0.2) is 0 Å². The van der Waals surface area contributed by atoms with Gasteiger partial charge >= 0.3 is 0 Å². The van der Waals surface area contributed by atoms with Gasteiger partial charge in [0.2, 0.25) is 0 Å². The van der Waals surface area contributed by atoms with E-state index in [1.165, 1.54) is 11.1 Å². The number of carbonyl (C=O) groups is 1. The normalized spacial score (nSPS) is 17.7. The predicted octanol–water partition coefficient (Wildman–Crippen LogP) is 4.48. The molecule has 0 fully saturated rings. The molecule has 2 aliphatic rings. The largest absolute Gasteiger partial charge is 0.357 e. The van der Waals surface area contributed by atoms with Gasteiger partial charge in [-0.1, -0.05) is 66.8 Å². The van der Waals surface area contributed by atoms with Crippen LogP contribution in [0.15, 0.2) is 73.3 Å². The Morgan fingerprint density at radius 1 is 1.04 bits per heavy atom. The van der Waals surface area contributed by atoms with E-state index in [0.717, 1.165) is 16.8 Å². The minimum Gasteiger partial charge on any atom is -0.357 e. The highest BCUT2D eigenvalue weighted by molar-refractivity contribution is 6.16. The van der Waals surface area contributed by atoms with Crippen molar-refractivity contribution in [2.45, 2.75) is 6.04 Å². The van der Waals surface area contributed by atoms with Gasteiger partial charge in [0, 0.05) is 29.4 Å². The van der Waals surface area contributed by atoms with Crippen LogP contribution in [0.2, 0.25) is 0 Å². The number of carbonyl (C=O) groups excluding carboxylic acids is 1. The standard InChI is InChI=1S/C21H17NO/c1-2-13-22(19-12-11-15-7-3-4-8-16(15)19)20-14-21(23)18-10-6-5-9-17(18)20/h2-12,14,19H,1,13H2. The fourth-order valence-corrected chi connectivity index (χ4v) is 3.44. The lowest BCUT2D eigenvalue weighted by Crippen LogP contribution is -2.25. The predicted molar refractivity (Wildman–Crippen MR) is 93.9 cm³/mol. The van der Waals surface area contributed by atoms with Gasteiger partial charge in [0.05, 0.1) is 6.04 Å². The molecule has 0 bridgehead atoms. The van der Waals surface area contributed by atoms with Gasteiger partial charge in [0.1, 0.15) is 0 Å². The Kier molecular flexibility index (Phi) is 3.23. The van der Waals surface area contributed by atoms with Crippen LogP contribution in [0, 0.1) is 0 Å². The molecular formula is C21H17NO. The van der Waals surface area contributed by atoms with Crippen LogP contribution in [0.1, 0.15) is 33.1 Å². The average molecular weight is 299 g/mol. The Morgan fingerprint density at radius 2 is 1.78 bits per heavy atom. The number of hydrogen-bond acceptors (Lipinski definition) is 2. The van der Waals surface area contributed by atoms with Crippen LogP contribution < -0.4 is 0 Å². The zero-order valence-corrected chi connectivity index (χ0v) is 12.8. The third kappa shape index (κ3) is 2.15. The molecule has 0 aromatic heterocycles. The molecule has 2 aromatic carbocycles. The third-order valence-electron chi connectivity index (χ3n) is 4.48. The second-order valence-corrected chi connectivity index (χ2v) is 5.81. The molecule has 0 saturated carbocycles. The number of allylic oxidation sites excluding steroid dienone is 1. The molecule has 2 heteroatoms. The third-order valence-corrected chi connectivity index (χ3v) is 4.48. The van der Waals surface area contributed by atoms with E-state index in [0.29, 0.717) is 6.54 Å². The maximum absolute atomic E-state index is 12.3. The molecule has 0 heterocycles. The lowest BCUT2D eigenvalue weighted by molar-refractivity contribution is 0.104. The van der Waals surface area contributed by atoms with Crippen molar-refractivity contribution in [1.82, 2.24) is 4.90 Å². The average Bonchev–Trinajstić information content (AvgIpc) is 3.15. The molecule has 112 valence electrons. The van der Waals surface area contributed by atoms with Gasteiger partial charge in [-0.3, -0.25) is 4.79 Å². The van der Waals surface area contributed by atoms with Crippen LogP contribution in [0.5, 0.6) is 0 Å². The molecule has 2 aliphatic carbocycles. The second-order valence-electron chi connectivity index (χ2n) is 5.81. The van der Waals surface area contributed by atoms with Gasteiger partial charge in [-0.15, -0.1) is 6.58 Å². The van der Waals surface area contributed by atoms with Crippen LogP contribution in [0.3, 0.4) is 0 Å². The van der Waals surface area contributed by atoms with Crippen molar-refractivity contribution in [2.24, 2.45) is 0 Å². The number of benzene rings is 2. The molecule has 0 spiro atoms. The zero-order valence-electron chi connectivity index (χ0n) is 12.8. The van der Waals surface area contributed by atoms with Crippen LogP contribution in [-0.4, -0.2) is 17.2 Å². The highest BCUT2D eigenvalue weighted by Gasteiger charge is 2.30. The second kappa shape index (κ2) is 5.40. The number of fused-ring (bicyclic) bond motifs is 2. The topological polar surface area (TPSA) is 20.3 Å². The fraction of sp³-hybridized carbons (Fsp3) is 0.0952. The summed E-state index contributed by atoms with van der Waals surface area (Å²) in [5.41, 5.74) is 5.29. The van der Waals surface area contributed by atoms with Gasteiger partial charge in [-0.05, 0) is 11.1 Å². The van der Waals surface area contributed by atoms with E-state index in [-0.39, 0.29) is 11.8 Å².